The zero-order valence-corrected chi connectivity index (χ0v) is 10.2. The van der Waals surface area contributed by atoms with Crippen LogP contribution in [0.2, 0.25) is 0 Å². The molecular weight excluding hydrogens is 304 g/mol. The molecule has 0 saturated carbocycles. The molecule has 0 nitrogen and oxygen atoms in total. The summed E-state index contributed by atoms with van der Waals surface area (Å²) in [6, 6.07) is 3.83. The summed E-state index contributed by atoms with van der Waals surface area (Å²) in [5.41, 5.74) is 0.770. The summed E-state index contributed by atoms with van der Waals surface area (Å²) in [4.78, 5) is 0. The Bertz CT molecular complexity index is 620. The Balaban J connectivity index is 2.82. The molecule has 0 saturated heterocycles. The van der Waals surface area contributed by atoms with Crippen LogP contribution in [0.15, 0.2) is 57.4 Å². The average molecular weight is 317 g/mol. The van der Waals surface area contributed by atoms with E-state index in [-0.39, 0.29) is 35.8 Å². The fourth-order valence-corrected chi connectivity index (χ4v) is 2.39. The molecule has 0 N–H and O–H groups in total. The highest BCUT2D eigenvalue weighted by Gasteiger charge is 1.99. The van der Waals surface area contributed by atoms with E-state index < -0.39 is 0 Å². The van der Waals surface area contributed by atoms with Crippen LogP contribution in [-0.4, -0.2) is 0 Å². The lowest BCUT2D eigenvalue weighted by atomic mass is 10.1. The van der Waals surface area contributed by atoms with Gasteiger partial charge in [0.25, 0.3) is 0 Å². The molecule has 0 atom stereocenters. The van der Waals surface area contributed by atoms with Crippen LogP contribution in [0.25, 0.3) is 11.1 Å². The van der Waals surface area contributed by atoms with E-state index in [2.05, 4.69) is 31.9 Å². The molecule has 2 rings (SSSR count). The third-order valence-corrected chi connectivity index (χ3v) is 2.57. The normalized spacial score (nSPS) is 15.1. The maximum atomic E-state index is 7.91. The lowest BCUT2D eigenvalue weighted by Gasteiger charge is -2.02. The maximum Gasteiger partial charge on any atom is 0.0629 e. The number of halogens is 2. The van der Waals surface area contributed by atoms with E-state index >= 15 is 0 Å². The van der Waals surface area contributed by atoms with E-state index in [0.29, 0.717) is 5.56 Å². The topological polar surface area (TPSA) is 0 Å². The average Bonchev–Trinajstić information content (AvgIpc) is 2.33. The predicted octanol–water partition coefficient (Wildman–Crippen LogP) is 4.88. The minimum absolute atomic E-state index is 0.198. The van der Waals surface area contributed by atoms with Crippen molar-refractivity contribution in [3.63, 3.8) is 0 Å². The first-order chi connectivity index (χ1) is 8.82. The van der Waals surface area contributed by atoms with Crippen molar-refractivity contribution in [3.05, 3.63) is 57.4 Å². The molecule has 2 heteroatoms. The number of hydrogen-bond donors (Lipinski definition) is 0. The van der Waals surface area contributed by atoms with Gasteiger partial charge in [0.1, 0.15) is 0 Å². The van der Waals surface area contributed by atoms with Gasteiger partial charge >= 0.3 is 0 Å². The first-order valence-corrected chi connectivity index (χ1v) is 5.45. The number of hydrogen-bond acceptors (Lipinski definition) is 0. The van der Waals surface area contributed by atoms with Crippen molar-refractivity contribution < 1.29 is 6.85 Å². The molecule has 14 heavy (non-hydrogen) atoms. The van der Waals surface area contributed by atoms with Gasteiger partial charge in [-0.25, -0.2) is 0 Å². The minimum Gasteiger partial charge on any atom is -0.0622 e. The third kappa shape index (κ3) is 2.25. The van der Waals surface area contributed by atoms with Gasteiger partial charge in [0.2, 0.25) is 0 Å². The molecule has 0 aromatic heterocycles. The van der Waals surface area contributed by atoms with Gasteiger partial charge in [-0.15, -0.1) is 0 Å². The summed E-state index contributed by atoms with van der Waals surface area (Å²) < 4.78 is 40.2. The predicted molar refractivity (Wildman–Crippen MR) is 67.3 cm³/mol. The van der Waals surface area contributed by atoms with Crippen molar-refractivity contribution in [2.75, 3.05) is 0 Å². The van der Waals surface area contributed by atoms with Crippen LogP contribution in [0, 0.1) is 0 Å². The summed E-state index contributed by atoms with van der Waals surface area (Å²) in [6.07, 6.45) is 0. The van der Waals surface area contributed by atoms with Crippen LogP contribution < -0.4 is 0 Å². The van der Waals surface area contributed by atoms with Crippen molar-refractivity contribution in [1.82, 2.24) is 0 Å². The first-order valence-electron chi connectivity index (χ1n) is 6.36. The van der Waals surface area contributed by atoms with Gasteiger partial charge in [-0.1, -0.05) is 62.1 Å². The van der Waals surface area contributed by atoms with Crippen LogP contribution >= 0.6 is 31.9 Å². The summed E-state index contributed by atoms with van der Waals surface area (Å²) in [6.45, 7) is 0. The number of benzene rings is 2. The van der Waals surface area contributed by atoms with Gasteiger partial charge < -0.3 is 0 Å². The van der Waals surface area contributed by atoms with Crippen molar-refractivity contribution in [2.24, 2.45) is 0 Å². The second-order valence-electron chi connectivity index (χ2n) is 2.66. The molecule has 0 heterocycles. The maximum absolute atomic E-state index is 7.91. The molecular formula is C12H8Br2. The van der Waals surface area contributed by atoms with Crippen molar-refractivity contribution in [3.8, 4) is 11.1 Å². The highest BCUT2D eigenvalue weighted by atomic mass is 79.9. The molecule has 0 spiro atoms. The molecule has 0 aliphatic heterocycles. The number of rotatable bonds is 1. The molecule has 0 fully saturated rings. The molecule has 0 amide bonds. The van der Waals surface area contributed by atoms with E-state index in [4.69, 9.17) is 6.85 Å². The Morgan fingerprint density at radius 2 is 1.36 bits per heavy atom. The SMILES string of the molecule is [2H]c1c([2H])c([2H])c(-c2cc(Br)cc(Br)c2)c([2H])c1[2H]. The van der Waals surface area contributed by atoms with Gasteiger partial charge in [-0.05, 0) is 29.3 Å². The Hall–Kier alpha value is -0.600. The molecule has 0 aliphatic rings. The Labute approximate surface area is 107 Å². The fourth-order valence-electron chi connectivity index (χ4n) is 1.09. The first kappa shape index (κ1) is 5.47. The monoisotopic (exact) mass is 315 g/mol. The van der Waals surface area contributed by atoms with Crippen LogP contribution in [0.5, 0.6) is 0 Å². The van der Waals surface area contributed by atoms with E-state index in [1.807, 2.05) is 6.07 Å². The Kier molecular flexibility index (Phi) is 1.67. The van der Waals surface area contributed by atoms with Crippen molar-refractivity contribution in [2.45, 2.75) is 0 Å². The quantitative estimate of drug-likeness (QED) is 0.703. The molecule has 70 valence electrons. The zero-order chi connectivity index (χ0) is 14.3. The van der Waals surface area contributed by atoms with Crippen LogP contribution in [0.3, 0.4) is 0 Å². The zero-order valence-electron chi connectivity index (χ0n) is 12.0. The molecule has 2 aromatic rings. The summed E-state index contributed by atoms with van der Waals surface area (Å²) in [5, 5.41) is 0. The molecule has 0 radical (unpaired) electrons. The van der Waals surface area contributed by atoms with Crippen LogP contribution in [0.1, 0.15) is 6.85 Å². The molecule has 0 bridgehead atoms. The highest BCUT2D eigenvalue weighted by molar-refractivity contribution is 9.11. The summed E-state index contributed by atoms with van der Waals surface area (Å²) in [5.74, 6) is 0. The second-order valence-corrected chi connectivity index (χ2v) is 4.49. The Morgan fingerprint density at radius 1 is 0.786 bits per heavy atom. The molecule has 2 aromatic carbocycles. The van der Waals surface area contributed by atoms with Crippen molar-refractivity contribution >= 4 is 31.9 Å². The standard InChI is InChI=1S/C12H8Br2/c13-11-6-10(7-12(14)8-11)9-4-2-1-3-5-9/h1-8H/i1D,2D,3D,4D,5D. The summed E-state index contributed by atoms with van der Waals surface area (Å²) in [7, 11) is 0. The molecule has 0 aliphatic carbocycles. The Morgan fingerprint density at radius 3 is 1.93 bits per heavy atom. The van der Waals surface area contributed by atoms with Crippen molar-refractivity contribution in [1.29, 1.82) is 0 Å². The van der Waals surface area contributed by atoms with E-state index in [0.717, 1.165) is 8.95 Å². The van der Waals surface area contributed by atoms with Crippen LogP contribution in [-0.2, 0) is 0 Å². The van der Waals surface area contributed by atoms with E-state index in [1.165, 1.54) is 0 Å². The fraction of sp³-hybridized carbons (Fsp3) is 0. The van der Waals surface area contributed by atoms with E-state index in [1.54, 1.807) is 12.1 Å². The highest BCUT2D eigenvalue weighted by Crippen LogP contribution is 2.27. The van der Waals surface area contributed by atoms with Gasteiger partial charge in [-0.3, -0.25) is 0 Å². The minimum atomic E-state index is -0.382. The smallest absolute Gasteiger partial charge is 0.0622 e. The van der Waals surface area contributed by atoms with Gasteiger partial charge in [0.05, 0.1) is 6.85 Å². The molecule has 0 unspecified atom stereocenters. The third-order valence-electron chi connectivity index (χ3n) is 1.65. The lowest BCUT2D eigenvalue weighted by Crippen LogP contribution is -1.77. The summed E-state index contributed by atoms with van der Waals surface area (Å²) >= 11 is 6.66. The lowest BCUT2D eigenvalue weighted by molar-refractivity contribution is 1.56. The van der Waals surface area contributed by atoms with Gasteiger partial charge in [0.15, 0.2) is 0 Å². The van der Waals surface area contributed by atoms with E-state index in [9.17, 15) is 0 Å². The van der Waals surface area contributed by atoms with Gasteiger partial charge in [0, 0.05) is 8.95 Å². The second kappa shape index (κ2) is 4.28. The largest absolute Gasteiger partial charge is 0.0629 e. The van der Waals surface area contributed by atoms with Crippen LogP contribution in [0.4, 0.5) is 0 Å². The van der Waals surface area contributed by atoms with Gasteiger partial charge in [-0.2, -0.15) is 0 Å².